The molecule has 0 aliphatic rings. The second-order valence-corrected chi connectivity index (χ2v) is 6.33. The number of hydrogen-bond acceptors (Lipinski definition) is 1. The molecule has 21 heavy (non-hydrogen) atoms. The SMILES string of the molecule is FC(F)(F)COCCCC(CBr)(CBr)c1ccccc1Cl. The third-order valence-corrected chi connectivity index (χ3v) is 5.64. The minimum atomic E-state index is -4.27. The average molecular weight is 453 g/mol. The van der Waals surface area contributed by atoms with Gasteiger partial charge in [-0.15, -0.1) is 0 Å². The van der Waals surface area contributed by atoms with Crippen molar-refractivity contribution in [1.29, 1.82) is 0 Å². The van der Waals surface area contributed by atoms with Gasteiger partial charge in [-0.05, 0) is 24.5 Å². The Bertz CT molecular complexity index is 436. The normalized spacial score (nSPS) is 12.7. The van der Waals surface area contributed by atoms with Crippen molar-refractivity contribution in [2.75, 3.05) is 23.9 Å². The highest BCUT2D eigenvalue weighted by Gasteiger charge is 2.32. The summed E-state index contributed by atoms with van der Waals surface area (Å²) in [7, 11) is 0. The Morgan fingerprint density at radius 3 is 2.24 bits per heavy atom. The molecule has 1 rings (SSSR count). The molecule has 0 amide bonds. The molecule has 1 aromatic carbocycles. The summed E-state index contributed by atoms with van der Waals surface area (Å²) in [6, 6.07) is 7.52. The second kappa shape index (κ2) is 8.75. The largest absolute Gasteiger partial charge is 0.411 e. The fourth-order valence-electron chi connectivity index (χ4n) is 2.04. The predicted molar refractivity (Wildman–Crippen MR) is 86.8 cm³/mol. The average Bonchev–Trinajstić information content (AvgIpc) is 2.43. The fraction of sp³-hybridized carbons (Fsp3) is 0.571. The Hall–Kier alpha value is 0.220. The summed E-state index contributed by atoms with van der Waals surface area (Å²) in [6.07, 6.45) is -3.08. The van der Waals surface area contributed by atoms with E-state index in [1.807, 2.05) is 24.3 Å². The van der Waals surface area contributed by atoms with Crippen LogP contribution in [0.3, 0.4) is 0 Å². The lowest BCUT2D eigenvalue weighted by atomic mass is 9.80. The quantitative estimate of drug-likeness (QED) is 0.362. The monoisotopic (exact) mass is 450 g/mol. The summed E-state index contributed by atoms with van der Waals surface area (Å²) >= 11 is 13.2. The molecule has 1 aromatic rings. The van der Waals surface area contributed by atoms with Crippen molar-refractivity contribution in [1.82, 2.24) is 0 Å². The van der Waals surface area contributed by atoms with Crippen molar-refractivity contribution in [3.05, 3.63) is 34.9 Å². The first kappa shape index (κ1) is 19.3. The van der Waals surface area contributed by atoms with E-state index in [0.29, 0.717) is 28.5 Å². The maximum absolute atomic E-state index is 12.0. The van der Waals surface area contributed by atoms with E-state index in [4.69, 9.17) is 11.6 Å². The summed E-state index contributed by atoms with van der Waals surface area (Å²) in [5.41, 5.74) is 0.719. The molecular formula is C14H16Br2ClF3O. The number of alkyl halides is 5. The van der Waals surface area contributed by atoms with E-state index in [9.17, 15) is 13.2 Å². The Kier molecular flexibility index (Phi) is 8.03. The topological polar surface area (TPSA) is 9.23 Å². The van der Waals surface area contributed by atoms with Gasteiger partial charge in [0, 0.05) is 27.7 Å². The summed E-state index contributed by atoms with van der Waals surface area (Å²) < 4.78 is 40.7. The van der Waals surface area contributed by atoms with Gasteiger partial charge in [0.2, 0.25) is 0 Å². The van der Waals surface area contributed by atoms with E-state index in [1.165, 1.54) is 0 Å². The van der Waals surface area contributed by atoms with Gasteiger partial charge in [-0.25, -0.2) is 0 Å². The molecule has 120 valence electrons. The maximum Gasteiger partial charge on any atom is 0.411 e. The first-order valence-corrected chi connectivity index (χ1v) is 8.98. The molecule has 0 aromatic heterocycles. The van der Waals surface area contributed by atoms with Crippen LogP contribution in [0.5, 0.6) is 0 Å². The van der Waals surface area contributed by atoms with Crippen molar-refractivity contribution in [2.24, 2.45) is 0 Å². The van der Waals surface area contributed by atoms with E-state index >= 15 is 0 Å². The van der Waals surface area contributed by atoms with Gasteiger partial charge in [-0.1, -0.05) is 61.7 Å². The molecule has 0 N–H and O–H groups in total. The van der Waals surface area contributed by atoms with Crippen molar-refractivity contribution >= 4 is 43.5 Å². The second-order valence-electron chi connectivity index (χ2n) is 4.80. The van der Waals surface area contributed by atoms with Gasteiger partial charge in [0.05, 0.1) is 0 Å². The Morgan fingerprint density at radius 1 is 1.10 bits per heavy atom. The smallest absolute Gasteiger partial charge is 0.372 e. The zero-order valence-electron chi connectivity index (χ0n) is 11.2. The van der Waals surface area contributed by atoms with Gasteiger partial charge in [-0.3, -0.25) is 0 Å². The third kappa shape index (κ3) is 6.08. The van der Waals surface area contributed by atoms with Crippen LogP contribution in [0, 0.1) is 0 Å². The third-order valence-electron chi connectivity index (χ3n) is 3.17. The van der Waals surface area contributed by atoms with E-state index < -0.39 is 12.8 Å². The molecule has 0 aliphatic heterocycles. The molecule has 0 aliphatic carbocycles. The van der Waals surface area contributed by atoms with Gasteiger partial charge in [0.15, 0.2) is 0 Å². The van der Waals surface area contributed by atoms with E-state index in [-0.39, 0.29) is 12.0 Å². The molecular weight excluding hydrogens is 436 g/mol. The van der Waals surface area contributed by atoms with Crippen molar-refractivity contribution in [3.63, 3.8) is 0 Å². The lowest BCUT2D eigenvalue weighted by Crippen LogP contribution is -2.31. The Balaban J connectivity index is 2.64. The van der Waals surface area contributed by atoms with Crippen LogP contribution in [-0.2, 0) is 10.2 Å². The first-order chi connectivity index (χ1) is 9.84. The van der Waals surface area contributed by atoms with Crippen LogP contribution in [0.25, 0.3) is 0 Å². The first-order valence-electron chi connectivity index (χ1n) is 6.36. The number of rotatable bonds is 8. The summed E-state index contributed by atoms with van der Waals surface area (Å²) in [5, 5.41) is 1.98. The molecule has 0 heterocycles. The van der Waals surface area contributed by atoms with Crippen LogP contribution >= 0.6 is 43.5 Å². The molecule has 0 saturated heterocycles. The van der Waals surface area contributed by atoms with Crippen LogP contribution in [0.15, 0.2) is 24.3 Å². The van der Waals surface area contributed by atoms with Gasteiger partial charge in [0.25, 0.3) is 0 Å². The lowest BCUT2D eigenvalue weighted by Gasteiger charge is -2.31. The van der Waals surface area contributed by atoms with Crippen LogP contribution < -0.4 is 0 Å². The molecule has 0 unspecified atom stereocenters. The highest BCUT2D eigenvalue weighted by molar-refractivity contribution is 9.09. The van der Waals surface area contributed by atoms with E-state index in [2.05, 4.69) is 36.6 Å². The molecule has 0 saturated carbocycles. The molecule has 7 heteroatoms. The van der Waals surface area contributed by atoms with Gasteiger partial charge >= 0.3 is 6.18 Å². The van der Waals surface area contributed by atoms with Gasteiger partial charge < -0.3 is 4.74 Å². The zero-order chi connectivity index (χ0) is 15.9. The van der Waals surface area contributed by atoms with Gasteiger partial charge in [-0.2, -0.15) is 13.2 Å². The van der Waals surface area contributed by atoms with Crippen LogP contribution in [0.1, 0.15) is 18.4 Å². The predicted octanol–water partition coefficient (Wildman–Crippen LogP) is 5.73. The summed E-state index contributed by atoms with van der Waals surface area (Å²) in [6.45, 7) is -1.12. The molecule has 0 atom stereocenters. The molecule has 0 radical (unpaired) electrons. The summed E-state index contributed by atoms with van der Waals surface area (Å²) in [5.74, 6) is 0. The highest BCUT2D eigenvalue weighted by Crippen LogP contribution is 2.37. The minimum absolute atomic E-state index is 0.0751. The number of benzene rings is 1. The van der Waals surface area contributed by atoms with Gasteiger partial charge in [0.1, 0.15) is 6.61 Å². The zero-order valence-corrected chi connectivity index (χ0v) is 15.2. The van der Waals surface area contributed by atoms with Crippen LogP contribution in [-0.4, -0.2) is 30.1 Å². The Labute approximate surface area is 144 Å². The molecule has 0 bridgehead atoms. The molecule has 0 fully saturated rings. The van der Waals surface area contributed by atoms with Crippen LogP contribution in [0.4, 0.5) is 13.2 Å². The fourth-order valence-corrected chi connectivity index (χ4v) is 4.47. The summed E-state index contributed by atoms with van der Waals surface area (Å²) in [4.78, 5) is 0. The highest BCUT2D eigenvalue weighted by atomic mass is 79.9. The lowest BCUT2D eigenvalue weighted by molar-refractivity contribution is -0.174. The van der Waals surface area contributed by atoms with Crippen molar-refractivity contribution < 1.29 is 17.9 Å². The Morgan fingerprint density at radius 2 is 1.71 bits per heavy atom. The molecule has 0 spiro atoms. The van der Waals surface area contributed by atoms with Crippen molar-refractivity contribution in [2.45, 2.75) is 24.4 Å². The van der Waals surface area contributed by atoms with Crippen molar-refractivity contribution in [3.8, 4) is 0 Å². The van der Waals surface area contributed by atoms with Crippen LogP contribution in [0.2, 0.25) is 5.02 Å². The number of halogens is 6. The molecule has 1 nitrogen and oxygen atoms in total. The van der Waals surface area contributed by atoms with E-state index in [0.717, 1.165) is 5.56 Å². The van der Waals surface area contributed by atoms with E-state index in [1.54, 1.807) is 0 Å². The minimum Gasteiger partial charge on any atom is -0.372 e. The standard InChI is InChI=1S/C14H16Br2ClF3O/c15-8-13(9-16,11-4-1-2-5-12(11)17)6-3-7-21-10-14(18,19)20/h1-2,4-5H,3,6-10H2. The maximum atomic E-state index is 12.0. The number of hydrogen-bond donors (Lipinski definition) is 0. The number of ether oxygens (including phenoxy) is 1.